The molecule has 2 saturated carbocycles. The molecule has 7 aliphatic rings. The minimum absolute atomic E-state index is 0.196. The molecule has 57 heavy (non-hydrogen) atoms. The van der Waals surface area contributed by atoms with Gasteiger partial charge in [-0.3, -0.25) is 0 Å². The molecule has 5 fully saturated rings. The summed E-state index contributed by atoms with van der Waals surface area (Å²) in [5.41, 5.74) is 6.34. The number of benzene rings is 2. The second-order valence-corrected chi connectivity index (χ2v) is 23.6. The molecule has 0 radical (unpaired) electrons. The molecule has 3 heterocycles. The fraction of sp³-hybridized carbons (Fsp3) is 0.739. The van der Waals surface area contributed by atoms with Crippen LogP contribution in [0.1, 0.15) is 184 Å². The molecule has 3 aliphatic heterocycles. The maximum atomic E-state index is 6.71. The van der Waals surface area contributed by atoms with E-state index in [1.807, 2.05) is 55.4 Å². The highest BCUT2D eigenvalue weighted by Gasteiger charge is 2.64. The van der Waals surface area contributed by atoms with Gasteiger partial charge in [-0.25, -0.2) is 0 Å². The number of hydrogen-bond acceptors (Lipinski definition) is 6. The van der Waals surface area contributed by atoms with Crippen molar-refractivity contribution >= 4 is 49.8 Å². The summed E-state index contributed by atoms with van der Waals surface area (Å²) in [6.07, 6.45) is 10.6. The van der Waals surface area contributed by atoms with Gasteiger partial charge in [0.15, 0.2) is 0 Å². The van der Waals surface area contributed by atoms with Gasteiger partial charge in [0.1, 0.15) is 0 Å². The summed E-state index contributed by atoms with van der Waals surface area (Å²) in [6.45, 7) is 33.9. The highest BCUT2D eigenvalue weighted by Crippen LogP contribution is 2.60. The van der Waals surface area contributed by atoms with E-state index in [9.17, 15) is 0 Å². The van der Waals surface area contributed by atoms with Crippen molar-refractivity contribution < 1.29 is 27.9 Å². The van der Waals surface area contributed by atoms with Crippen molar-refractivity contribution in [1.29, 1.82) is 0 Å². The second kappa shape index (κ2) is 13.7. The largest absolute Gasteiger partial charge is 0.496 e. The molecule has 0 aromatic heterocycles. The number of halogens is 2. The maximum Gasteiger partial charge on any atom is 0.496 e. The monoisotopic (exact) mass is 820 g/mol. The van der Waals surface area contributed by atoms with Crippen molar-refractivity contribution in [1.82, 2.24) is 0 Å². The van der Waals surface area contributed by atoms with E-state index in [1.165, 1.54) is 68.1 Å². The van der Waals surface area contributed by atoms with Gasteiger partial charge in [0.25, 0.3) is 0 Å². The number of hydrogen-bond donors (Lipinski definition) is 0. The van der Waals surface area contributed by atoms with Crippen molar-refractivity contribution in [3.05, 3.63) is 62.6 Å². The molecular formula is C46H69B3Cl2O6. The van der Waals surface area contributed by atoms with Crippen LogP contribution in [0.2, 0.25) is 10.0 Å². The molecule has 11 heteroatoms. The van der Waals surface area contributed by atoms with Crippen molar-refractivity contribution in [2.75, 3.05) is 0 Å². The molecule has 2 aromatic carbocycles. The Bertz CT molecular complexity index is 1810. The van der Waals surface area contributed by atoms with E-state index in [0.717, 1.165) is 15.5 Å². The normalized spacial score (nSPS) is 28.5. The zero-order chi connectivity index (χ0) is 42.2. The van der Waals surface area contributed by atoms with E-state index in [2.05, 4.69) is 85.7 Å². The van der Waals surface area contributed by atoms with Crippen molar-refractivity contribution in [3.8, 4) is 0 Å². The lowest BCUT2D eigenvalue weighted by atomic mass is 9.49. The second-order valence-electron chi connectivity index (χ2n) is 22.8. The van der Waals surface area contributed by atoms with Crippen LogP contribution in [0.25, 0.3) is 0 Å². The van der Waals surface area contributed by atoms with Crippen LogP contribution in [0, 0.1) is 0 Å². The number of rotatable bonds is 2. The minimum Gasteiger partial charge on any atom is -0.405 e. The predicted octanol–water partition coefficient (Wildman–Crippen LogP) is 11.4. The molecule has 0 atom stereocenters. The molecule has 6 nitrogen and oxygen atoms in total. The maximum absolute atomic E-state index is 6.71. The Balaban J connectivity index is 0.000000135. The summed E-state index contributed by atoms with van der Waals surface area (Å²) in [4.78, 5) is 0. The SMILES string of the molecule is CC1(C)CCC2(CC2)c2cc(B3OC(C)(C)C(C)(C)O3)c(Cl)cc21.CC1(C)CCC2(CC2)c2ccc(Cl)cc21.CC1(C)OB(B2OC(C)(C)C(C)(C)O2)OC1(C)C. The summed E-state index contributed by atoms with van der Waals surface area (Å²) >= 11 is 12.8. The van der Waals surface area contributed by atoms with Gasteiger partial charge in [-0.1, -0.05) is 63.0 Å². The third-order valence-corrected chi connectivity index (χ3v) is 16.7. The molecular weight excluding hydrogens is 752 g/mol. The van der Waals surface area contributed by atoms with E-state index < -0.39 is 14.0 Å². The lowest BCUT2D eigenvalue weighted by molar-refractivity contribution is 0.00578. The topological polar surface area (TPSA) is 55.4 Å². The van der Waals surface area contributed by atoms with Gasteiger partial charge in [0, 0.05) is 15.5 Å². The van der Waals surface area contributed by atoms with Crippen molar-refractivity contribution in [2.45, 2.75) is 217 Å². The Hall–Kier alpha value is -1.03. The van der Waals surface area contributed by atoms with Crippen molar-refractivity contribution in [2.24, 2.45) is 0 Å². The Morgan fingerprint density at radius 2 is 0.754 bits per heavy atom. The Labute approximate surface area is 356 Å². The highest BCUT2D eigenvalue weighted by molar-refractivity contribution is 7.11. The quantitative estimate of drug-likeness (QED) is 0.281. The van der Waals surface area contributed by atoms with Crippen LogP contribution in [-0.2, 0) is 49.6 Å². The third kappa shape index (κ3) is 7.76. The highest BCUT2D eigenvalue weighted by atomic mass is 35.5. The van der Waals surface area contributed by atoms with Crippen molar-refractivity contribution in [3.63, 3.8) is 0 Å². The summed E-state index contributed by atoms with van der Waals surface area (Å²) < 4.78 is 36.4. The van der Waals surface area contributed by atoms with Crippen LogP contribution < -0.4 is 5.46 Å². The summed E-state index contributed by atoms with van der Waals surface area (Å²) in [5.74, 6) is 0. The Morgan fingerprint density at radius 1 is 0.404 bits per heavy atom. The first-order valence-corrected chi connectivity index (χ1v) is 22.4. The Morgan fingerprint density at radius 3 is 1.16 bits per heavy atom. The average molecular weight is 821 g/mol. The molecule has 0 unspecified atom stereocenters. The zero-order valence-electron chi connectivity index (χ0n) is 38.0. The third-order valence-electron chi connectivity index (χ3n) is 16.2. The van der Waals surface area contributed by atoms with E-state index >= 15 is 0 Å². The van der Waals surface area contributed by atoms with E-state index in [-0.39, 0.29) is 46.1 Å². The number of fused-ring (bicyclic) bond motifs is 4. The molecule has 2 aromatic rings. The van der Waals surface area contributed by atoms with E-state index in [1.54, 1.807) is 5.56 Å². The van der Waals surface area contributed by atoms with Crippen LogP contribution in [0.3, 0.4) is 0 Å². The molecule has 3 saturated heterocycles. The fourth-order valence-electron chi connectivity index (χ4n) is 9.26. The average Bonchev–Trinajstić information content (AvgIpc) is 3.98. The first-order chi connectivity index (χ1) is 25.9. The van der Waals surface area contributed by atoms with Gasteiger partial charge in [-0.2, -0.15) is 0 Å². The lowest BCUT2D eigenvalue weighted by Gasteiger charge is -2.38. The molecule has 2 spiro atoms. The van der Waals surface area contributed by atoms with Gasteiger partial charge < -0.3 is 27.9 Å². The Kier molecular flexibility index (Phi) is 10.6. The van der Waals surface area contributed by atoms with Gasteiger partial charge in [-0.15, -0.1) is 0 Å². The van der Waals surface area contributed by atoms with E-state index in [0.29, 0.717) is 16.2 Å². The molecule has 0 amide bonds. The molecule has 0 bridgehead atoms. The molecule has 0 N–H and O–H groups in total. The zero-order valence-corrected chi connectivity index (χ0v) is 39.5. The standard InChI is InChI=1S/C20H28BClO2.C14H17Cl.C12H24B2O4/c1-17(2)7-8-20(9-10-20)14-11-15(16(22)12-13(14)17)21-23-18(3,4)19(5,6)24-21;1-13(2)5-6-14(7-8-14)11-4-3-10(15)9-12(11)13;1-9(2)10(3,4)16-13(15-9)14-17-11(5,6)12(7,8)18-14/h11-12H,7-10H2,1-6H3;3-4,9H,5-8H2,1-2H3;1-8H3. The summed E-state index contributed by atoms with van der Waals surface area (Å²) in [5, 5.41) is 1.66. The van der Waals surface area contributed by atoms with Gasteiger partial charge in [-0.05, 0) is 197 Å². The first kappa shape index (κ1) is 44.0. The van der Waals surface area contributed by atoms with Gasteiger partial charge in [0.05, 0.1) is 33.6 Å². The smallest absolute Gasteiger partial charge is 0.405 e. The lowest BCUT2D eigenvalue weighted by Crippen LogP contribution is -2.41. The van der Waals surface area contributed by atoms with Crippen LogP contribution >= 0.6 is 23.2 Å². The van der Waals surface area contributed by atoms with Crippen LogP contribution in [0.15, 0.2) is 30.3 Å². The summed E-state index contributed by atoms with van der Waals surface area (Å²) in [6, 6.07) is 11.0. The predicted molar refractivity (Wildman–Crippen MR) is 237 cm³/mol. The fourth-order valence-corrected chi connectivity index (χ4v) is 9.69. The molecule has 9 rings (SSSR count). The first-order valence-electron chi connectivity index (χ1n) is 21.6. The van der Waals surface area contributed by atoms with Gasteiger partial charge >= 0.3 is 21.1 Å². The summed E-state index contributed by atoms with van der Waals surface area (Å²) in [7, 11) is -1.33. The minimum atomic E-state index is -0.476. The van der Waals surface area contributed by atoms with Crippen LogP contribution in [-0.4, -0.2) is 54.7 Å². The van der Waals surface area contributed by atoms with E-state index in [4.69, 9.17) is 51.1 Å². The van der Waals surface area contributed by atoms with Gasteiger partial charge in [0.2, 0.25) is 0 Å². The molecule has 312 valence electrons. The van der Waals surface area contributed by atoms with Crippen LogP contribution in [0.4, 0.5) is 0 Å². The molecule has 4 aliphatic carbocycles. The van der Waals surface area contributed by atoms with Crippen LogP contribution in [0.5, 0.6) is 0 Å².